The number of carbonyl (C=O) groups is 1. The van der Waals surface area contributed by atoms with E-state index in [0.717, 1.165) is 29.0 Å². The molecule has 142 valence electrons. The first kappa shape index (κ1) is 18.8. The molecule has 0 aromatic heterocycles. The molecular formula is C22H25NO4. The van der Waals surface area contributed by atoms with Gasteiger partial charge in [0, 0.05) is 18.2 Å². The van der Waals surface area contributed by atoms with Crippen molar-refractivity contribution in [1.82, 2.24) is 4.90 Å². The Kier molecular flexibility index (Phi) is 5.69. The molecule has 3 rings (SSSR count). The van der Waals surface area contributed by atoms with Gasteiger partial charge in [0.25, 0.3) is 0 Å². The van der Waals surface area contributed by atoms with Crippen molar-refractivity contribution in [2.45, 2.75) is 19.4 Å². The van der Waals surface area contributed by atoms with Crippen molar-refractivity contribution in [3.8, 4) is 17.2 Å². The average molecular weight is 367 g/mol. The van der Waals surface area contributed by atoms with Gasteiger partial charge in [0.2, 0.25) is 5.91 Å². The lowest BCUT2D eigenvalue weighted by Gasteiger charge is -2.35. The van der Waals surface area contributed by atoms with E-state index in [2.05, 4.69) is 0 Å². The molecule has 0 aliphatic carbocycles. The van der Waals surface area contributed by atoms with Crippen molar-refractivity contribution in [2.75, 3.05) is 27.9 Å². The highest BCUT2D eigenvalue weighted by Crippen LogP contribution is 2.38. The van der Waals surface area contributed by atoms with Crippen LogP contribution in [0.2, 0.25) is 0 Å². The van der Waals surface area contributed by atoms with Gasteiger partial charge in [-0.3, -0.25) is 4.79 Å². The molecule has 1 amide bonds. The number of fused-ring (bicyclic) bond motifs is 1. The minimum absolute atomic E-state index is 0.0196. The Morgan fingerprint density at radius 1 is 1.04 bits per heavy atom. The summed E-state index contributed by atoms with van der Waals surface area (Å²) in [6, 6.07) is 11.6. The van der Waals surface area contributed by atoms with Gasteiger partial charge in [-0.1, -0.05) is 18.2 Å². The van der Waals surface area contributed by atoms with E-state index in [9.17, 15) is 4.79 Å². The zero-order chi connectivity index (χ0) is 19.4. The number of rotatable bonds is 5. The highest BCUT2D eigenvalue weighted by molar-refractivity contribution is 5.92. The molecule has 0 unspecified atom stereocenters. The second-order valence-corrected chi connectivity index (χ2v) is 6.44. The first-order valence-corrected chi connectivity index (χ1v) is 8.95. The molecule has 0 bridgehead atoms. The van der Waals surface area contributed by atoms with E-state index in [1.807, 2.05) is 48.2 Å². The summed E-state index contributed by atoms with van der Waals surface area (Å²) < 4.78 is 16.1. The molecule has 1 atom stereocenters. The van der Waals surface area contributed by atoms with Crippen LogP contribution in [0.4, 0.5) is 0 Å². The minimum Gasteiger partial charge on any atom is -0.496 e. The fourth-order valence-corrected chi connectivity index (χ4v) is 3.51. The number of para-hydroxylation sites is 1. The molecule has 0 saturated heterocycles. The van der Waals surface area contributed by atoms with Crippen molar-refractivity contribution in [2.24, 2.45) is 0 Å². The largest absolute Gasteiger partial charge is 0.496 e. The number of hydrogen-bond donors (Lipinski definition) is 0. The molecular weight excluding hydrogens is 342 g/mol. The summed E-state index contributed by atoms with van der Waals surface area (Å²) in [7, 11) is 4.88. The van der Waals surface area contributed by atoms with Crippen LogP contribution in [0.5, 0.6) is 17.2 Å². The molecule has 1 heterocycles. The Morgan fingerprint density at radius 2 is 1.70 bits per heavy atom. The van der Waals surface area contributed by atoms with E-state index < -0.39 is 0 Å². The van der Waals surface area contributed by atoms with E-state index in [0.29, 0.717) is 12.3 Å². The first-order chi connectivity index (χ1) is 13.1. The number of hydrogen-bond acceptors (Lipinski definition) is 4. The molecule has 2 aromatic carbocycles. The van der Waals surface area contributed by atoms with E-state index in [1.54, 1.807) is 33.5 Å². The van der Waals surface area contributed by atoms with Crippen LogP contribution in [0.1, 0.15) is 29.7 Å². The Morgan fingerprint density at radius 3 is 2.41 bits per heavy atom. The number of ether oxygens (including phenoxy) is 3. The van der Waals surface area contributed by atoms with E-state index in [1.165, 1.54) is 5.56 Å². The number of methoxy groups -OCH3 is 3. The van der Waals surface area contributed by atoms with Gasteiger partial charge in [0.15, 0.2) is 11.5 Å². The normalized spacial score (nSPS) is 16.1. The van der Waals surface area contributed by atoms with Crippen LogP contribution < -0.4 is 14.2 Å². The molecule has 5 heteroatoms. The van der Waals surface area contributed by atoms with Gasteiger partial charge in [0.1, 0.15) is 5.75 Å². The lowest BCUT2D eigenvalue weighted by molar-refractivity contribution is -0.128. The molecule has 1 aliphatic heterocycles. The number of nitrogens with zero attached hydrogens (tertiary/aromatic N) is 1. The summed E-state index contributed by atoms with van der Waals surface area (Å²) in [6.45, 7) is 2.71. The number of amides is 1. The summed E-state index contributed by atoms with van der Waals surface area (Å²) in [6.07, 6.45) is 4.20. The van der Waals surface area contributed by atoms with Gasteiger partial charge in [0.05, 0.1) is 27.4 Å². The summed E-state index contributed by atoms with van der Waals surface area (Å²) in [4.78, 5) is 14.7. The Bertz CT molecular complexity index is 859. The molecule has 5 nitrogen and oxygen atoms in total. The highest BCUT2D eigenvalue weighted by Gasteiger charge is 2.28. The van der Waals surface area contributed by atoms with Crippen LogP contribution in [-0.2, 0) is 11.2 Å². The fourth-order valence-electron chi connectivity index (χ4n) is 3.51. The standard InChI is InChI=1S/C22H25NO4/c1-15-18-14-21(27-4)20(26-3)13-17(18)11-12-23(15)22(24)10-9-16-7-5-6-8-19(16)25-2/h5-10,13-15H,11-12H2,1-4H3/b10-9+/t15-/m1/s1. The van der Waals surface area contributed by atoms with Gasteiger partial charge in [-0.05, 0) is 48.7 Å². The van der Waals surface area contributed by atoms with Crippen LogP contribution in [0, 0.1) is 0 Å². The minimum atomic E-state index is -0.0385. The SMILES string of the molecule is COc1ccccc1/C=C/C(=O)N1CCc2cc(OC)c(OC)cc2[C@H]1C. The summed E-state index contributed by atoms with van der Waals surface area (Å²) >= 11 is 0. The summed E-state index contributed by atoms with van der Waals surface area (Å²) in [5, 5.41) is 0. The van der Waals surface area contributed by atoms with E-state index in [-0.39, 0.29) is 11.9 Å². The fraction of sp³-hybridized carbons (Fsp3) is 0.318. The monoisotopic (exact) mass is 367 g/mol. The zero-order valence-corrected chi connectivity index (χ0v) is 16.2. The van der Waals surface area contributed by atoms with Crippen LogP contribution in [0.25, 0.3) is 6.08 Å². The second kappa shape index (κ2) is 8.16. The van der Waals surface area contributed by atoms with Crippen LogP contribution in [0.3, 0.4) is 0 Å². The van der Waals surface area contributed by atoms with Crippen LogP contribution >= 0.6 is 0 Å². The van der Waals surface area contributed by atoms with E-state index >= 15 is 0 Å². The summed E-state index contributed by atoms with van der Waals surface area (Å²) in [5.41, 5.74) is 3.17. The lowest BCUT2D eigenvalue weighted by atomic mass is 9.92. The third-order valence-corrected chi connectivity index (χ3v) is 5.01. The van der Waals surface area contributed by atoms with Crippen LogP contribution in [-0.4, -0.2) is 38.7 Å². The summed E-state index contributed by atoms with van der Waals surface area (Å²) in [5.74, 6) is 2.13. The molecule has 0 radical (unpaired) electrons. The quantitative estimate of drug-likeness (QED) is 0.753. The highest BCUT2D eigenvalue weighted by atomic mass is 16.5. The van der Waals surface area contributed by atoms with Crippen molar-refractivity contribution in [3.05, 3.63) is 59.2 Å². The number of benzene rings is 2. The maximum atomic E-state index is 12.8. The van der Waals surface area contributed by atoms with Crippen molar-refractivity contribution in [3.63, 3.8) is 0 Å². The predicted molar refractivity (Wildman–Crippen MR) is 105 cm³/mol. The van der Waals surface area contributed by atoms with Crippen molar-refractivity contribution < 1.29 is 19.0 Å². The molecule has 2 aromatic rings. The molecule has 0 spiro atoms. The maximum absolute atomic E-state index is 12.8. The van der Waals surface area contributed by atoms with Gasteiger partial charge < -0.3 is 19.1 Å². The van der Waals surface area contributed by atoms with Crippen LogP contribution in [0.15, 0.2) is 42.5 Å². The second-order valence-electron chi connectivity index (χ2n) is 6.44. The molecule has 0 N–H and O–H groups in total. The third-order valence-electron chi connectivity index (χ3n) is 5.01. The van der Waals surface area contributed by atoms with E-state index in [4.69, 9.17) is 14.2 Å². The predicted octanol–water partition coefficient (Wildman–Crippen LogP) is 3.87. The van der Waals surface area contributed by atoms with Gasteiger partial charge in [-0.2, -0.15) is 0 Å². The first-order valence-electron chi connectivity index (χ1n) is 8.95. The average Bonchev–Trinajstić information content (AvgIpc) is 2.71. The Hall–Kier alpha value is -2.95. The van der Waals surface area contributed by atoms with Gasteiger partial charge in [-0.25, -0.2) is 0 Å². The lowest BCUT2D eigenvalue weighted by Crippen LogP contribution is -2.37. The van der Waals surface area contributed by atoms with Crippen molar-refractivity contribution >= 4 is 12.0 Å². The van der Waals surface area contributed by atoms with Gasteiger partial charge in [-0.15, -0.1) is 0 Å². The third kappa shape index (κ3) is 3.77. The molecule has 1 aliphatic rings. The topological polar surface area (TPSA) is 48.0 Å². The molecule has 27 heavy (non-hydrogen) atoms. The Labute approximate surface area is 160 Å². The van der Waals surface area contributed by atoms with Crippen molar-refractivity contribution in [1.29, 1.82) is 0 Å². The molecule has 0 fully saturated rings. The smallest absolute Gasteiger partial charge is 0.247 e. The van der Waals surface area contributed by atoms with Gasteiger partial charge >= 0.3 is 0 Å². The molecule has 0 saturated carbocycles. The maximum Gasteiger partial charge on any atom is 0.247 e. The number of carbonyl (C=O) groups excluding carboxylic acids is 1. The zero-order valence-electron chi connectivity index (χ0n) is 16.2. The Balaban J connectivity index is 1.83.